The zero-order chi connectivity index (χ0) is 17.5. The van der Waals surface area contributed by atoms with Crippen molar-refractivity contribution in [1.82, 2.24) is 16.0 Å². The van der Waals surface area contributed by atoms with Gasteiger partial charge < -0.3 is 16.0 Å². The Morgan fingerprint density at radius 2 is 1.88 bits per heavy atom. The number of carbonyl (C=O) groups is 2. The van der Waals surface area contributed by atoms with Crippen molar-refractivity contribution in [2.24, 2.45) is 0 Å². The molecule has 130 valence electrons. The molecule has 1 aliphatic rings. The molecule has 3 rings (SSSR count). The van der Waals surface area contributed by atoms with Crippen LogP contribution in [0, 0.1) is 0 Å². The van der Waals surface area contributed by atoms with Crippen molar-refractivity contribution in [1.29, 1.82) is 0 Å². The Bertz CT molecular complexity index is 798. The highest BCUT2D eigenvalue weighted by Crippen LogP contribution is 2.15. The highest BCUT2D eigenvalue weighted by Gasteiger charge is 2.08. The minimum atomic E-state index is -0.153. The lowest BCUT2D eigenvalue weighted by Crippen LogP contribution is -2.33. The molecular formula is C20H23N3O2. The maximum atomic E-state index is 12.2. The van der Waals surface area contributed by atoms with Crippen LogP contribution < -0.4 is 16.0 Å². The summed E-state index contributed by atoms with van der Waals surface area (Å²) in [4.78, 5) is 24.1. The van der Waals surface area contributed by atoms with E-state index in [2.05, 4.69) is 22.0 Å². The number of nitrogens with one attached hydrogen (secondary N) is 3. The van der Waals surface area contributed by atoms with Crippen LogP contribution in [0.25, 0.3) is 10.8 Å². The number of benzene rings is 2. The molecule has 0 saturated carbocycles. The van der Waals surface area contributed by atoms with Crippen LogP contribution in [0.15, 0.2) is 54.1 Å². The Balaban J connectivity index is 1.43. The van der Waals surface area contributed by atoms with Crippen LogP contribution >= 0.6 is 0 Å². The minimum Gasteiger partial charge on any atom is -0.352 e. The second-order valence-electron chi connectivity index (χ2n) is 6.16. The van der Waals surface area contributed by atoms with Gasteiger partial charge in [0.05, 0.1) is 0 Å². The molecule has 25 heavy (non-hydrogen) atoms. The van der Waals surface area contributed by atoms with Crippen molar-refractivity contribution < 1.29 is 9.59 Å². The van der Waals surface area contributed by atoms with E-state index in [0.717, 1.165) is 30.3 Å². The lowest BCUT2D eigenvalue weighted by Gasteiger charge is -2.14. The quantitative estimate of drug-likeness (QED) is 0.706. The molecule has 0 saturated heterocycles. The highest BCUT2D eigenvalue weighted by atomic mass is 16.2. The fraction of sp³-hybridized carbons (Fsp3) is 0.300. The lowest BCUT2D eigenvalue weighted by atomic mass is 10.1. The monoisotopic (exact) mass is 337 g/mol. The first-order chi connectivity index (χ1) is 12.2. The van der Waals surface area contributed by atoms with Gasteiger partial charge in [0, 0.05) is 31.6 Å². The molecule has 2 aromatic rings. The van der Waals surface area contributed by atoms with Crippen LogP contribution in [0.3, 0.4) is 0 Å². The van der Waals surface area contributed by atoms with Crippen LogP contribution in [-0.2, 0) is 4.79 Å². The fourth-order valence-electron chi connectivity index (χ4n) is 2.85. The second-order valence-corrected chi connectivity index (χ2v) is 6.16. The van der Waals surface area contributed by atoms with Gasteiger partial charge in [-0.1, -0.05) is 42.0 Å². The van der Waals surface area contributed by atoms with Gasteiger partial charge in [-0.2, -0.15) is 0 Å². The summed E-state index contributed by atoms with van der Waals surface area (Å²) in [7, 11) is 0. The van der Waals surface area contributed by atoms with Crippen molar-refractivity contribution in [3.63, 3.8) is 0 Å². The van der Waals surface area contributed by atoms with Gasteiger partial charge in [-0.05, 0) is 35.9 Å². The van der Waals surface area contributed by atoms with Gasteiger partial charge >= 0.3 is 0 Å². The number of rotatable bonds is 6. The Labute approximate surface area is 147 Å². The van der Waals surface area contributed by atoms with Crippen LogP contribution in [-0.4, -0.2) is 38.0 Å². The number of carbonyl (C=O) groups excluding carboxylic acids is 2. The third-order valence-electron chi connectivity index (χ3n) is 4.32. The molecule has 3 N–H and O–H groups in total. The summed E-state index contributed by atoms with van der Waals surface area (Å²) >= 11 is 0. The van der Waals surface area contributed by atoms with Gasteiger partial charge in [-0.25, -0.2) is 0 Å². The standard InChI is InChI=1S/C20H23N3O2/c24-19(23-14-15-7-10-21-11-8-15)9-12-22-20(25)18-6-5-16-3-1-2-4-17(16)13-18/h1-7,13,21H,8-12,14H2,(H,22,25)(H,23,24). The Hall–Kier alpha value is -2.66. The average Bonchev–Trinajstić information content (AvgIpc) is 2.66. The first-order valence-electron chi connectivity index (χ1n) is 8.65. The molecule has 0 bridgehead atoms. The first kappa shape index (κ1) is 17.2. The zero-order valence-corrected chi connectivity index (χ0v) is 14.2. The average molecular weight is 337 g/mol. The lowest BCUT2D eigenvalue weighted by molar-refractivity contribution is -0.120. The molecule has 0 radical (unpaired) electrons. The molecule has 0 fully saturated rings. The van der Waals surface area contributed by atoms with E-state index in [1.807, 2.05) is 36.4 Å². The van der Waals surface area contributed by atoms with Gasteiger partial charge in [-0.15, -0.1) is 0 Å². The van der Waals surface area contributed by atoms with Gasteiger partial charge in [0.15, 0.2) is 0 Å². The van der Waals surface area contributed by atoms with E-state index < -0.39 is 0 Å². The van der Waals surface area contributed by atoms with Crippen molar-refractivity contribution in [2.45, 2.75) is 12.8 Å². The third kappa shape index (κ3) is 4.90. The second kappa shape index (κ2) is 8.44. The summed E-state index contributed by atoms with van der Waals surface area (Å²) in [5.41, 5.74) is 1.87. The summed E-state index contributed by atoms with van der Waals surface area (Å²) in [6.45, 7) is 2.76. The number of amides is 2. The first-order valence-corrected chi connectivity index (χ1v) is 8.65. The van der Waals surface area contributed by atoms with E-state index in [9.17, 15) is 9.59 Å². The van der Waals surface area contributed by atoms with Crippen LogP contribution in [0.4, 0.5) is 0 Å². The Morgan fingerprint density at radius 1 is 1.04 bits per heavy atom. The molecule has 0 atom stereocenters. The topological polar surface area (TPSA) is 70.2 Å². The van der Waals surface area contributed by atoms with Crippen LogP contribution in [0.1, 0.15) is 23.2 Å². The van der Waals surface area contributed by atoms with E-state index in [1.165, 1.54) is 5.57 Å². The molecule has 0 unspecified atom stereocenters. The largest absolute Gasteiger partial charge is 0.352 e. The smallest absolute Gasteiger partial charge is 0.251 e. The number of hydrogen-bond acceptors (Lipinski definition) is 3. The minimum absolute atomic E-state index is 0.0433. The zero-order valence-electron chi connectivity index (χ0n) is 14.2. The Morgan fingerprint density at radius 3 is 2.68 bits per heavy atom. The normalized spacial score (nSPS) is 14.0. The number of hydrogen-bond donors (Lipinski definition) is 3. The van der Waals surface area contributed by atoms with Crippen LogP contribution in [0.2, 0.25) is 0 Å². The van der Waals surface area contributed by atoms with E-state index in [-0.39, 0.29) is 18.2 Å². The summed E-state index contributed by atoms with van der Waals surface area (Å²) in [5, 5.41) is 11.1. The molecule has 2 amide bonds. The van der Waals surface area contributed by atoms with Gasteiger partial charge in [0.1, 0.15) is 0 Å². The van der Waals surface area contributed by atoms with Crippen molar-refractivity contribution in [3.8, 4) is 0 Å². The van der Waals surface area contributed by atoms with E-state index in [1.54, 1.807) is 6.07 Å². The predicted octanol–water partition coefficient (Wildman–Crippen LogP) is 2.00. The molecule has 5 heteroatoms. The van der Waals surface area contributed by atoms with E-state index in [0.29, 0.717) is 18.7 Å². The molecular weight excluding hydrogens is 314 g/mol. The molecule has 0 aliphatic carbocycles. The summed E-state index contributed by atoms with van der Waals surface area (Å²) in [5.74, 6) is -0.196. The van der Waals surface area contributed by atoms with Crippen molar-refractivity contribution in [2.75, 3.05) is 26.2 Å². The maximum Gasteiger partial charge on any atom is 0.251 e. The highest BCUT2D eigenvalue weighted by molar-refractivity contribution is 5.98. The molecule has 5 nitrogen and oxygen atoms in total. The van der Waals surface area contributed by atoms with E-state index >= 15 is 0 Å². The molecule has 2 aromatic carbocycles. The van der Waals surface area contributed by atoms with Gasteiger partial charge in [0.2, 0.25) is 5.91 Å². The summed E-state index contributed by atoms with van der Waals surface area (Å²) < 4.78 is 0. The van der Waals surface area contributed by atoms with E-state index in [4.69, 9.17) is 0 Å². The third-order valence-corrected chi connectivity index (χ3v) is 4.32. The van der Waals surface area contributed by atoms with Gasteiger partial charge in [0.25, 0.3) is 5.91 Å². The fourth-order valence-corrected chi connectivity index (χ4v) is 2.85. The summed E-state index contributed by atoms with van der Waals surface area (Å²) in [6, 6.07) is 13.5. The number of fused-ring (bicyclic) bond motifs is 1. The molecule has 1 aliphatic heterocycles. The molecule has 0 aromatic heterocycles. The molecule has 1 heterocycles. The predicted molar refractivity (Wildman–Crippen MR) is 99.5 cm³/mol. The SMILES string of the molecule is O=C(CCNC(=O)c1ccc2ccccc2c1)NCC1=CCNCC1. The maximum absolute atomic E-state index is 12.2. The van der Waals surface area contributed by atoms with Crippen molar-refractivity contribution in [3.05, 3.63) is 59.7 Å². The summed E-state index contributed by atoms with van der Waals surface area (Å²) in [6.07, 6.45) is 3.37. The van der Waals surface area contributed by atoms with Crippen molar-refractivity contribution >= 4 is 22.6 Å². The Kier molecular flexibility index (Phi) is 5.80. The van der Waals surface area contributed by atoms with Gasteiger partial charge in [-0.3, -0.25) is 9.59 Å². The van der Waals surface area contributed by atoms with Crippen LogP contribution in [0.5, 0.6) is 0 Å². The molecule has 0 spiro atoms.